The van der Waals surface area contributed by atoms with Crippen LogP contribution in [0.15, 0.2) is 21.8 Å². The molecular weight excluding hydrogens is 462 g/mol. The summed E-state index contributed by atoms with van der Waals surface area (Å²) in [4.78, 5) is 48.3. The van der Waals surface area contributed by atoms with Crippen molar-refractivity contribution in [3.8, 4) is 0 Å². The Morgan fingerprint density at radius 1 is 1.42 bits per heavy atom. The first kappa shape index (κ1) is 22.1. The van der Waals surface area contributed by atoms with Gasteiger partial charge >= 0.3 is 0 Å². The van der Waals surface area contributed by atoms with Crippen LogP contribution in [0.2, 0.25) is 0 Å². The average Bonchev–Trinajstić information content (AvgIpc) is 3.20. The zero-order valence-electron chi connectivity index (χ0n) is 16.6. The molecule has 4 heterocycles. The van der Waals surface area contributed by atoms with Crippen molar-refractivity contribution in [3.05, 3.63) is 22.3 Å². The van der Waals surface area contributed by atoms with Crippen molar-refractivity contribution in [1.82, 2.24) is 15.2 Å². The Morgan fingerprint density at radius 2 is 2.16 bits per heavy atom. The lowest BCUT2D eigenvalue weighted by Gasteiger charge is -2.50. The van der Waals surface area contributed by atoms with Gasteiger partial charge in [-0.3, -0.25) is 19.3 Å². The summed E-state index contributed by atoms with van der Waals surface area (Å²) in [5.74, 6) is -0.189. The van der Waals surface area contributed by atoms with Crippen molar-refractivity contribution in [2.45, 2.75) is 24.3 Å². The molecule has 10 nitrogen and oxygen atoms in total. The van der Waals surface area contributed by atoms with E-state index < -0.39 is 22.4 Å². The van der Waals surface area contributed by atoms with Crippen molar-refractivity contribution in [3.63, 3.8) is 0 Å². The van der Waals surface area contributed by atoms with Crippen LogP contribution in [0.25, 0.3) is 0 Å². The van der Waals surface area contributed by atoms with Gasteiger partial charge in [-0.2, -0.15) is 0 Å². The lowest BCUT2D eigenvalue weighted by molar-refractivity contribution is -0.146. The fourth-order valence-corrected chi connectivity index (χ4v) is 6.16. The predicted octanol–water partition coefficient (Wildman–Crippen LogP) is 0.613. The highest BCUT2D eigenvalue weighted by Crippen LogP contribution is 2.44. The van der Waals surface area contributed by atoms with E-state index in [4.69, 9.17) is 15.3 Å². The Hall–Kier alpha value is -2.09. The summed E-state index contributed by atoms with van der Waals surface area (Å²) < 4.78 is 5.42. The number of rotatable bonds is 6. The number of carbonyl (C=O) groups excluding carboxylic acids is 3. The van der Waals surface area contributed by atoms with Gasteiger partial charge in [-0.15, -0.1) is 23.1 Å². The molecule has 0 bridgehead atoms. The molecule has 3 aliphatic rings. The number of ether oxygens (including phenoxy) is 1. The zero-order chi connectivity index (χ0) is 22.1. The van der Waals surface area contributed by atoms with E-state index in [-0.39, 0.29) is 28.4 Å². The molecule has 1 unspecified atom stereocenters. The second-order valence-corrected chi connectivity index (χ2v) is 9.52. The van der Waals surface area contributed by atoms with Crippen molar-refractivity contribution < 1.29 is 24.0 Å². The molecule has 2 saturated heterocycles. The van der Waals surface area contributed by atoms with Gasteiger partial charge in [0.15, 0.2) is 10.8 Å². The third-order valence-corrected chi connectivity index (χ3v) is 7.55. The summed E-state index contributed by atoms with van der Waals surface area (Å²) in [6, 6.07) is -0.797. The normalized spacial score (nSPS) is 24.5. The van der Waals surface area contributed by atoms with Crippen LogP contribution in [0.3, 0.4) is 0 Å². The molecule has 31 heavy (non-hydrogen) atoms. The molecule has 0 aliphatic carbocycles. The summed E-state index contributed by atoms with van der Waals surface area (Å²) in [6.45, 7) is 1.26. The summed E-state index contributed by atoms with van der Waals surface area (Å²) in [5.41, 5.74) is 7.10. The average molecular weight is 484 g/mol. The quantitative estimate of drug-likeness (QED) is 0.232. The van der Waals surface area contributed by atoms with E-state index in [9.17, 15) is 14.4 Å². The first-order valence-corrected chi connectivity index (χ1v) is 11.9. The van der Waals surface area contributed by atoms with E-state index >= 15 is 0 Å². The van der Waals surface area contributed by atoms with E-state index in [1.54, 1.807) is 5.38 Å². The summed E-state index contributed by atoms with van der Waals surface area (Å²) in [5, 5.41) is 7.46. The Bertz CT molecular complexity index is 972. The molecular formula is C18H21N5O5S3. The first-order valence-electron chi connectivity index (χ1n) is 9.54. The Balaban J connectivity index is 1.53. The van der Waals surface area contributed by atoms with Crippen LogP contribution in [0.5, 0.6) is 0 Å². The number of aromatic nitrogens is 1. The number of hydrogen-bond acceptors (Lipinski definition) is 10. The van der Waals surface area contributed by atoms with E-state index in [1.807, 2.05) is 0 Å². The number of hydrogen-bond donors (Lipinski definition) is 3. The molecule has 3 aliphatic heterocycles. The van der Waals surface area contributed by atoms with Crippen LogP contribution < -0.4 is 11.1 Å². The second kappa shape index (κ2) is 9.18. The number of fused-ring (bicyclic) bond motifs is 1. The number of β-lactam (4-membered cyclic amide) rings is 1. The predicted molar refractivity (Wildman–Crippen MR) is 120 cm³/mol. The summed E-state index contributed by atoms with van der Waals surface area (Å²) in [6.07, 6.45) is 1.61. The van der Waals surface area contributed by atoms with Crippen molar-refractivity contribution in [2.75, 3.05) is 31.8 Å². The van der Waals surface area contributed by atoms with Gasteiger partial charge < -0.3 is 20.6 Å². The van der Waals surface area contributed by atoms with Gasteiger partial charge in [-0.25, -0.2) is 4.98 Å². The van der Waals surface area contributed by atoms with Gasteiger partial charge in [0, 0.05) is 24.3 Å². The SMILES string of the molecule is CO/N=C(/C(=O)NC1C(=O)N2C(C(=O)S)=C(C3CCOCC3)CS[C@H]12)c1csc(N)n1. The number of anilines is 1. The Labute approximate surface area is 192 Å². The van der Waals surface area contributed by atoms with Crippen LogP contribution in [0, 0.1) is 5.92 Å². The first-order chi connectivity index (χ1) is 14.9. The standard InChI is InChI=1S/C18H21N5O5S3/c1-27-22-11(10-7-31-18(19)20-10)14(24)21-12-15(25)23-13(17(26)29)9(6-30-16(12)23)8-2-4-28-5-3-8/h7-8,12,16H,2-6H2,1H3,(H2,19,20)(H,21,24)(H,26,29)/b22-11+/t12?,16-/m1/s1. The maximum Gasteiger partial charge on any atom is 0.276 e. The molecule has 0 saturated carbocycles. The molecule has 1 aromatic heterocycles. The third-order valence-electron chi connectivity index (χ3n) is 5.36. The minimum atomic E-state index is -0.797. The minimum absolute atomic E-state index is 0.0774. The molecule has 2 atom stereocenters. The number of thiol groups is 1. The van der Waals surface area contributed by atoms with Gasteiger partial charge in [0.05, 0.1) is 5.70 Å². The number of carbonyl (C=O) groups is 3. The van der Waals surface area contributed by atoms with Gasteiger partial charge in [0.2, 0.25) is 5.12 Å². The largest absolute Gasteiger partial charge is 0.398 e. The van der Waals surface area contributed by atoms with Gasteiger partial charge in [0.25, 0.3) is 11.8 Å². The lowest BCUT2D eigenvalue weighted by Crippen LogP contribution is -2.71. The molecule has 4 rings (SSSR count). The monoisotopic (exact) mass is 483 g/mol. The van der Waals surface area contributed by atoms with Gasteiger partial charge in [0.1, 0.15) is 24.2 Å². The minimum Gasteiger partial charge on any atom is -0.398 e. The lowest BCUT2D eigenvalue weighted by atomic mass is 9.89. The van der Waals surface area contributed by atoms with Crippen molar-refractivity contribution in [2.24, 2.45) is 11.1 Å². The Morgan fingerprint density at radius 3 is 2.77 bits per heavy atom. The van der Waals surface area contributed by atoms with Crippen LogP contribution in [-0.2, 0) is 24.0 Å². The van der Waals surface area contributed by atoms with E-state index in [1.165, 1.54) is 23.8 Å². The number of nitrogen functional groups attached to an aromatic ring is 1. The summed E-state index contributed by atoms with van der Waals surface area (Å²) >= 11 is 6.71. The molecule has 1 aromatic rings. The highest BCUT2D eigenvalue weighted by Gasteiger charge is 2.54. The second-order valence-electron chi connectivity index (χ2n) is 7.12. The topological polar surface area (TPSA) is 136 Å². The molecule has 3 N–H and O–H groups in total. The van der Waals surface area contributed by atoms with Crippen molar-refractivity contribution in [1.29, 1.82) is 0 Å². The number of thiazole rings is 1. The fraction of sp³-hybridized carbons (Fsp3) is 0.500. The molecule has 166 valence electrons. The molecule has 2 amide bonds. The van der Waals surface area contributed by atoms with Crippen LogP contribution in [0.1, 0.15) is 18.5 Å². The van der Waals surface area contributed by atoms with Crippen LogP contribution in [0.4, 0.5) is 5.13 Å². The zero-order valence-corrected chi connectivity index (χ0v) is 19.1. The number of oxime groups is 1. The third kappa shape index (κ3) is 4.19. The highest BCUT2D eigenvalue weighted by molar-refractivity contribution is 8.00. The van der Waals surface area contributed by atoms with E-state index in [2.05, 4.69) is 28.1 Å². The number of thioether (sulfide) groups is 1. The summed E-state index contributed by atoms with van der Waals surface area (Å²) in [7, 11) is 1.31. The molecule has 0 spiro atoms. The van der Waals surface area contributed by atoms with Gasteiger partial charge in [-0.05, 0) is 24.3 Å². The molecule has 0 aromatic carbocycles. The van der Waals surface area contributed by atoms with Crippen LogP contribution in [-0.4, -0.2) is 70.0 Å². The maximum absolute atomic E-state index is 12.9. The maximum atomic E-state index is 12.9. The van der Waals surface area contributed by atoms with E-state index in [0.29, 0.717) is 24.7 Å². The van der Waals surface area contributed by atoms with Crippen molar-refractivity contribution >= 4 is 63.5 Å². The smallest absolute Gasteiger partial charge is 0.276 e. The highest BCUT2D eigenvalue weighted by atomic mass is 32.2. The van der Waals surface area contributed by atoms with E-state index in [0.717, 1.165) is 29.8 Å². The number of nitrogens with one attached hydrogen (secondary N) is 1. The number of nitrogens with zero attached hydrogens (tertiary/aromatic N) is 3. The number of nitrogens with two attached hydrogens (primary N) is 1. The molecule has 13 heteroatoms. The van der Waals surface area contributed by atoms with Crippen LogP contribution >= 0.6 is 35.7 Å². The Kier molecular flexibility index (Phi) is 6.55. The molecule has 0 radical (unpaired) electrons. The fourth-order valence-electron chi connectivity index (χ4n) is 3.90. The number of amides is 2. The van der Waals surface area contributed by atoms with Gasteiger partial charge in [-0.1, -0.05) is 17.8 Å². The molecule has 2 fully saturated rings.